The lowest BCUT2D eigenvalue weighted by Gasteiger charge is -2.30. The van der Waals surface area contributed by atoms with E-state index < -0.39 is 0 Å². The average molecular weight is 274 g/mol. The molecule has 0 spiro atoms. The molecule has 1 aliphatic rings. The van der Waals surface area contributed by atoms with Crippen LogP contribution in [0.5, 0.6) is 0 Å². The van der Waals surface area contributed by atoms with E-state index >= 15 is 0 Å². The Morgan fingerprint density at radius 1 is 1.47 bits per heavy atom. The van der Waals surface area contributed by atoms with Gasteiger partial charge in [0.2, 0.25) is 5.13 Å². The summed E-state index contributed by atoms with van der Waals surface area (Å²) in [5, 5.41) is 4.42. The van der Waals surface area contributed by atoms with Crippen LogP contribution in [0.3, 0.4) is 0 Å². The van der Waals surface area contributed by atoms with Crippen molar-refractivity contribution in [2.45, 2.75) is 52.0 Å². The zero-order valence-electron chi connectivity index (χ0n) is 10.7. The first kappa shape index (κ1) is 13.1. The van der Waals surface area contributed by atoms with Gasteiger partial charge >= 0.3 is 0 Å². The number of hydrogen-bond acceptors (Lipinski definition) is 4. The summed E-state index contributed by atoms with van der Waals surface area (Å²) < 4.78 is 4.41. The van der Waals surface area contributed by atoms with Crippen LogP contribution in [-0.2, 0) is 0 Å². The van der Waals surface area contributed by atoms with Gasteiger partial charge in [-0.05, 0) is 24.7 Å². The number of aromatic nitrogens is 2. The molecule has 1 aromatic rings. The number of nitrogens with one attached hydrogen (secondary N) is 1. The Labute approximate surface area is 112 Å². The number of nitrogens with zero attached hydrogens (tertiary/aromatic N) is 2. The summed E-state index contributed by atoms with van der Waals surface area (Å²) in [4.78, 5) is 4.56. The number of halogens is 1. The van der Waals surface area contributed by atoms with Crippen molar-refractivity contribution in [2.75, 3.05) is 11.2 Å². The molecule has 0 aliphatic heterocycles. The first-order valence-electron chi connectivity index (χ1n) is 6.17. The van der Waals surface area contributed by atoms with E-state index in [-0.39, 0.29) is 5.41 Å². The molecule has 1 aromatic heterocycles. The summed E-state index contributed by atoms with van der Waals surface area (Å²) in [5.41, 5.74) is 0.181. The van der Waals surface area contributed by atoms with E-state index in [0.717, 1.165) is 17.4 Å². The lowest BCUT2D eigenvalue weighted by atomic mass is 9.85. The molecule has 1 saturated carbocycles. The standard InChI is InChI=1S/C12H20ClN3S/c1-12(2,3)9(6-7-13)14-11-15-10(16-17-11)8-4-5-8/h8-9H,4-7H2,1-3H3,(H,14,15,16). The van der Waals surface area contributed by atoms with Crippen LogP contribution < -0.4 is 5.32 Å². The Bertz CT molecular complexity index is 368. The molecule has 1 fully saturated rings. The Morgan fingerprint density at radius 2 is 2.18 bits per heavy atom. The predicted octanol–water partition coefficient (Wildman–Crippen LogP) is 3.87. The summed E-state index contributed by atoms with van der Waals surface area (Å²) in [6.07, 6.45) is 3.45. The molecule has 1 aliphatic carbocycles. The minimum absolute atomic E-state index is 0.181. The minimum atomic E-state index is 0.181. The monoisotopic (exact) mass is 273 g/mol. The molecule has 1 N–H and O–H groups in total. The Kier molecular flexibility index (Phi) is 3.93. The fourth-order valence-corrected chi connectivity index (χ4v) is 2.70. The SMILES string of the molecule is CC(C)(C)C(CCCl)Nc1nc(C2CC2)ns1. The van der Waals surface area contributed by atoms with Gasteiger partial charge in [0.1, 0.15) is 5.82 Å². The molecule has 1 atom stereocenters. The van der Waals surface area contributed by atoms with Crippen LogP contribution >= 0.6 is 23.1 Å². The van der Waals surface area contributed by atoms with Gasteiger partial charge in [-0.2, -0.15) is 4.37 Å². The van der Waals surface area contributed by atoms with Crippen LogP contribution in [0.1, 0.15) is 51.8 Å². The topological polar surface area (TPSA) is 37.8 Å². The van der Waals surface area contributed by atoms with Crippen LogP contribution in [0.15, 0.2) is 0 Å². The maximum atomic E-state index is 5.86. The van der Waals surface area contributed by atoms with E-state index in [4.69, 9.17) is 11.6 Å². The second-order valence-corrected chi connectivity index (χ2v) is 6.90. The number of hydrogen-bond donors (Lipinski definition) is 1. The van der Waals surface area contributed by atoms with E-state index in [0.29, 0.717) is 17.8 Å². The first-order valence-corrected chi connectivity index (χ1v) is 7.47. The maximum Gasteiger partial charge on any atom is 0.202 e. The highest BCUT2D eigenvalue weighted by Gasteiger charge is 2.29. The van der Waals surface area contributed by atoms with Gasteiger partial charge in [-0.15, -0.1) is 11.6 Å². The van der Waals surface area contributed by atoms with Crippen LogP contribution in [0.25, 0.3) is 0 Å². The highest BCUT2D eigenvalue weighted by atomic mass is 35.5. The minimum Gasteiger partial charge on any atom is -0.357 e. The molecule has 2 rings (SSSR count). The smallest absolute Gasteiger partial charge is 0.202 e. The predicted molar refractivity (Wildman–Crippen MR) is 74.1 cm³/mol. The van der Waals surface area contributed by atoms with Crippen molar-refractivity contribution in [3.8, 4) is 0 Å². The molecule has 1 unspecified atom stereocenters. The molecular weight excluding hydrogens is 254 g/mol. The van der Waals surface area contributed by atoms with E-state index in [9.17, 15) is 0 Å². The molecule has 5 heteroatoms. The Morgan fingerprint density at radius 3 is 2.71 bits per heavy atom. The zero-order valence-corrected chi connectivity index (χ0v) is 12.2. The number of alkyl halides is 1. The first-order chi connectivity index (χ1) is 8.00. The summed E-state index contributed by atoms with van der Waals surface area (Å²) in [7, 11) is 0. The number of rotatable bonds is 5. The van der Waals surface area contributed by atoms with E-state index in [1.807, 2.05) is 0 Å². The number of anilines is 1. The third kappa shape index (κ3) is 3.55. The van der Waals surface area contributed by atoms with Crippen molar-refractivity contribution >= 4 is 28.3 Å². The third-order valence-corrected chi connectivity index (χ3v) is 4.00. The second-order valence-electron chi connectivity index (χ2n) is 5.77. The third-order valence-electron chi connectivity index (χ3n) is 3.13. The van der Waals surface area contributed by atoms with Crippen molar-refractivity contribution < 1.29 is 0 Å². The van der Waals surface area contributed by atoms with Crippen molar-refractivity contribution in [3.05, 3.63) is 5.82 Å². The van der Waals surface area contributed by atoms with Crippen molar-refractivity contribution in [1.82, 2.24) is 9.36 Å². The van der Waals surface area contributed by atoms with E-state index in [1.165, 1.54) is 24.4 Å². The summed E-state index contributed by atoms with van der Waals surface area (Å²) in [6, 6.07) is 0.347. The van der Waals surface area contributed by atoms with Crippen LogP contribution in [-0.4, -0.2) is 21.3 Å². The molecular formula is C12H20ClN3S. The fourth-order valence-electron chi connectivity index (χ4n) is 1.78. The molecule has 96 valence electrons. The van der Waals surface area contributed by atoms with Gasteiger partial charge in [-0.1, -0.05) is 20.8 Å². The van der Waals surface area contributed by atoms with Crippen LogP contribution in [0.4, 0.5) is 5.13 Å². The van der Waals surface area contributed by atoms with Gasteiger partial charge < -0.3 is 5.32 Å². The molecule has 17 heavy (non-hydrogen) atoms. The normalized spacial score (nSPS) is 18.1. The van der Waals surface area contributed by atoms with E-state index in [2.05, 4.69) is 35.4 Å². The van der Waals surface area contributed by atoms with E-state index in [1.54, 1.807) is 0 Å². The molecule has 0 aromatic carbocycles. The average Bonchev–Trinajstić information content (AvgIpc) is 2.98. The molecule has 0 saturated heterocycles. The van der Waals surface area contributed by atoms with Gasteiger partial charge in [-0.3, -0.25) is 0 Å². The quantitative estimate of drug-likeness (QED) is 0.828. The molecule has 0 radical (unpaired) electrons. The lowest BCUT2D eigenvalue weighted by Crippen LogP contribution is -2.34. The van der Waals surface area contributed by atoms with Gasteiger partial charge in [0.25, 0.3) is 0 Å². The molecule has 0 amide bonds. The Balaban J connectivity index is 2.00. The molecule has 1 heterocycles. The van der Waals surface area contributed by atoms with Crippen LogP contribution in [0.2, 0.25) is 0 Å². The van der Waals surface area contributed by atoms with Crippen molar-refractivity contribution in [3.63, 3.8) is 0 Å². The Hall–Kier alpha value is -0.350. The van der Waals surface area contributed by atoms with Crippen molar-refractivity contribution in [2.24, 2.45) is 5.41 Å². The fraction of sp³-hybridized carbons (Fsp3) is 0.833. The van der Waals surface area contributed by atoms with Gasteiger partial charge in [0.05, 0.1) is 0 Å². The summed E-state index contributed by atoms with van der Waals surface area (Å²) in [5.74, 6) is 2.32. The zero-order chi connectivity index (χ0) is 12.5. The highest BCUT2D eigenvalue weighted by Crippen LogP contribution is 2.39. The van der Waals surface area contributed by atoms with Gasteiger partial charge in [-0.25, -0.2) is 4.98 Å². The lowest BCUT2D eigenvalue weighted by molar-refractivity contribution is 0.334. The molecule has 0 bridgehead atoms. The van der Waals surface area contributed by atoms with Gasteiger partial charge in [0.15, 0.2) is 0 Å². The largest absolute Gasteiger partial charge is 0.357 e. The summed E-state index contributed by atoms with van der Waals surface area (Å²) in [6.45, 7) is 6.67. The second kappa shape index (κ2) is 5.11. The summed E-state index contributed by atoms with van der Waals surface area (Å²) >= 11 is 7.33. The highest BCUT2D eigenvalue weighted by molar-refractivity contribution is 7.09. The van der Waals surface area contributed by atoms with Gasteiger partial charge in [0, 0.05) is 29.4 Å². The van der Waals surface area contributed by atoms with Crippen LogP contribution in [0, 0.1) is 5.41 Å². The molecule has 3 nitrogen and oxygen atoms in total. The maximum absolute atomic E-state index is 5.86. The van der Waals surface area contributed by atoms with Crippen molar-refractivity contribution in [1.29, 1.82) is 0 Å².